The van der Waals surface area contributed by atoms with Crippen molar-refractivity contribution in [1.29, 1.82) is 0 Å². The average Bonchev–Trinajstić information content (AvgIpc) is 2.68. The standard InChI is InChI=1S/C14H13FN2O3/c1-7-4-8-6-17(14(20)9(8)5-10(7)15)11-2-3-12(18)16-13(11)19/h4-5,11H,2-3,6H2,1H3,(H,16,18,19). The number of imide groups is 1. The summed E-state index contributed by atoms with van der Waals surface area (Å²) in [5, 5.41) is 2.23. The molecule has 0 radical (unpaired) electrons. The van der Waals surface area contributed by atoms with Crippen molar-refractivity contribution in [3.05, 3.63) is 34.6 Å². The minimum Gasteiger partial charge on any atom is -0.322 e. The van der Waals surface area contributed by atoms with E-state index in [-0.39, 0.29) is 24.8 Å². The second-order valence-corrected chi connectivity index (χ2v) is 5.16. The molecule has 1 saturated heterocycles. The zero-order valence-corrected chi connectivity index (χ0v) is 10.9. The Morgan fingerprint density at radius 3 is 2.75 bits per heavy atom. The van der Waals surface area contributed by atoms with Gasteiger partial charge in [-0.1, -0.05) is 6.07 Å². The maximum absolute atomic E-state index is 13.5. The molecule has 0 aliphatic carbocycles. The summed E-state index contributed by atoms with van der Waals surface area (Å²) < 4.78 is 13.5. The van der Waals surface area contributed by atoms with Crippen LogP contribution in [0.5, 0.6) is 0 Å². The minimum absolute atomic E-state index is 0.212. The first kappa shape index (κ1) is 12.8. The van der Waals surface area contributed by atoms with Crippen molar-refractivity contribution in [2.24, 2.45) is 0 Å². The van der Waals surface area contributed by atoms with Gasteiger partial charge in [0.05, 0.1) is 0 Å². The van der Waals surface area contributed by atoms with Crippen molar-refractivity contribution in [2.45, 2.75) is 32.4 Å². The van der Waals surface area contributed by atoms with Crippen molar-refractivity contribution in [1.82, 2.24) is 10.2 Å². The van der Waals surface area contributed by atoms with Crippen molar-refractivity contribution in [3.8, 4) is 0 Å². The van der Waals surface area contributed by atoms with E-state index in [1.54, 1.807) is 13.0 Å². The molecule has 1 aromatic rings. The van der Waals surface area contributed by atoms with E-state index in [1.807, 2.05) is 0 Å². The van der Waals surface area contributed by atoms with Crippen LogP contribution in [-0.4, -0.2) is 28.7 Å². The van der Waals surface area contributed by atoms with Crippen LogP contribution >= 0.6 is 0 Å². The predicted octanol–water partition coefficient (Wildman–Crippen LogP) is 0.895. The number of hydrogen-bond acceptors (Lipinski definition) is 3. The SMILES string of the molecule is Cc1cc2c(cc1F)C(=O)N(C1CCC(=O)NC1=O)C2. The predicted molar refractivity (Wildman–Crippen MR) is 67.2 cm³/mol. The third kappa shape index (κ3) is 1.88. The molecule has 5 nitrogen and oxygen atoms in total. The minimum atomic E-state index is -0.657. The number of nitrogens with zero attached hydrogens (tertiary/aromatic N) is 1. The summed E-state index contributed by atoms with van der Waals surface area (Å²) in [6.45, 7) is 1.91. The lowest BCUT2D eigenvalue weighted by atomic mass is 10.0. The van der Waals surface area contributed by atoms with Gasteiger partial charge in [-0.05, 0) is 30.5 Å². The molecule has 1 fully saturated rings. The third-order valence-electron chi connectivity index (χ3n) is 3.80. The van der Waals surface area contributed by atoms with Crippen LogP contribution < -0.4 is 5.32 Å². The Kier molecular flexibility index (Phi) is 2.81. The number of carbonyl (C=O) groups is 3. The maximum atomic E-state index is 13.5. The molecule has 20 heavy (non-hydrogen) atoms. The molecule has 1 N–H and O–H groups in total. The van der Waals surface area contributed by atoms with Crippen LogP contribution in [0, 0.1) is 12.7 Å². The second-order valence-electron chi connectivity index (χ2n) is 5.16. The molecule has 3 rings (SSSR count). The van der Waals surface area contributed by atoms with E-state index >= 15 is 0 Å². The normalized spacial score (nSPS) is 22.0. The molecule has 0 aromatic heterocycles. The zero-order chi connectivity index (χ0) is 14.4. The highest BCUT2D eigenvalue weighted by Crippen LogP contribution is 2.29. The summed E-state index contributed by atoms with van der Waals surface area (Å²) in [5.41, 5.74) is 1.50. The lowest BCUT2D eigenvalue weighted by Crippen LogP contribution is -2.52. The van der Waals surface area contributed by atoms with Crippen molar-refractivity contribution < 1.29 is 18.8 Å². The Balaban J connectivity index is 1.90. The topological polar surface area (TPSA) is 66.5 Å². The first-order valence-corrected chi connectivity index (χ1v) is 6.41. The number of hydrogen-bond donors (Lipinski definition) is 1. The molecular weight excluding hydrogens is 263 g/mol. The van der Waals surface area contributed by atoms with Crippen LogP contribution in [0.3, 0.4) is 0 Å². The lowest BCUT2D eigenvalue weighted by molar-refractivity contribution is -0.136. The van der Waals surface area contributed by atoms with Gasteiger partial charge in [0.2, 0.25) is 11.8 Å². The Labute approximate surface area is 114 Å². The number of halogens is 1. The number of benzene rings is 1. The van der Waals surface area contributed by atoms with Gasteiger partial charge >= 0.3 is 0 Å². The van der Waals surface area contributed by atoms with Crippen LogP contribution in [0.4, 0.5) is 4.39 Å². The van der Waals surface area contributed by atoms with Gasteiger partial charge in [-0.3, -0.25) is 19.7 Å². The van der Waals surface area contributed by atoms with Gasteiger partial charge in [0.1, 0.15) is 11.9 Å². The second kappa shape index (κ2) is 4.40. The average molecular weight is 276 g/mol. The first-order valence-electron chi connectivity index (χ1n) is 6.41. The maximum Gasteiger partial charge on any atom is 0.255 e. The molecule has 1 atom stereocenters. The van der Waals surface area contributed by atoms with E-state index in [2.05, 4.69) is 5.32 Å². The molecule has 2 heterocycles. The van der Waals surface area contributed by atoms with E-state index in [9.17, 15) is 18.8 Å². The largest absolute Gasteiger partial charge is 0.322 e. The molecule has 1 unspecified atom stereocenters. The zero-order valence-electron chi connectivity index (χ0n) is 10.9. The quantitative estimate of drug-likeness (QED) is 0.775. The van der Waals surface area contributed by atoms with Gasteiger partial charge in [-0.15, -0.1) is 0 Å². The van der Waals surface area contributed by atoms with Gasteiger partial charge in [0.15, 0.2) is 0 Å². The Hall–Kier alpha value is -2.24. The van der Waals surface area contributed by atoms with Crippen molar-refractivity contribution in [2.75, 3.05) is 0 Å². The first-order chi connectivity index (χ1) is 9.47. The van der Waals surface area contributed by atoms with Crippen LogP contribution in [-0.2, 0) is 16.1 Å². The van der Waals surface area contributed by atoms with Crippen molar-refractivity contribution in [3.63, 3.8) is 0 Å². The fourth-order valence-corrected chi connectivity index (χ4v) is 2.71. The fraction of sp³-hybridized carbons (Fsp3) is 0.357. The van der Waals surface area contributed by atoms with Gasteiger partial charge in [-0.2, -0.15) is 0 Å². The number of carbonyl (C=O) groups excluding carboxylic acids is 3. The van der Waals surface area contributed by atoms with E-state index in [0.29, 0.717) is 17.5 Å². The van der Waals surface area contributed by atoms with Gasteiger partial charge < -0.3 is 4.90 Å². The summed E-state index contributed by atoms with van der Waals surface area (Å²) in [6.07, 6.45) is 0.524. The van der Waals surface area contributed by atoms with E-state index < -0.39 is 17.8 Å². The molecule has 6 heteroatoms. The molecule has 0 spiro atoms. The fourth-order valence-electron chi connectivity index (χ4n) is 2.71. The van der Waals surface area contributed by atoms with Crippen LogP contribution in [0.25, 0.3) is 0 Å². The number of nitrogens with one attached hydrogen (secondary N) is 1. The lowest BCUT2D eigenvalue weighted by Gasteiger charge is -2.29. The van der Waals surface area contributed by atoms with Gasteiger partial charge in [0, 0.05) is 18.5 Å². The Morgan fingerprint density at radius 1 is 1.30 bits per heavy atom. The van der Waals surface area contributed by atoms with Crippen LogP contribution in [0.2, 0.25) is 0 Å². The molecule has 2 aliphatic rings. The number of piperidine rings is 1. The summed E-state index contributed by atoms with van der Waals surface area (Å²) >= 11 is 0. The van der Waals surface area contributed by atoms with Gasteiger partial charge in [-0.25, -0.2) is 4.39 Å². The summed E-state index contributed by atoms with van der Waals surface area (Å²) in [5.74, 6) is -1.56. The molecule has 0 bridgehead atoms. The number of rotatable bonds is 1. The molecule has 1 aromatic carbocycles. The highest BCUT2D eigenvalue weighted by atomic mass is 19.1. The van der Waals surface area contributed by atoms with Gasteiger partial charge in [0.25, 0.3) is 5.91 Å². The van der Waals surface area contributed by atoms with E-state index in [1.165, 1.54) is 11.0 Å². The highest BCUT2D eigenvalue weighted by molar-refractivity contribution is 6.05. The molecular formula is C14H13FN2O3. The molecule has 0 saturated carbocycles. The smallest absolute Gasteiger partial charge is 0.255 e. The Morgan fingerprint density at radius 2 is 2.05 bits per heavy atom. The van der Waals surface area contributed by atoms with E-state index in [4.69, 9.17) is 0 Å². The number of amides is 3. The molecule has 104 valence electrons. The monoisotopic (exact) mass is 276 g/mol. The summed E-state index contributed by atoms with van der Waals surface area (Å²) in [4.78, 5) is 36.6. The summed E-state index contributed by atoms with van der Waals surface area (Å²) in [6, 6.07) is 2.20. The van der Waals surface area contributed by atoms with Crippen molar-refractivity contribution >= 4 is 17.7 Å². The Bertz CT molecular complexity index is 642. The van der Waals surface area contributed by atoms with E-state index in [0.717, 1.165) is 5.56 Å². The highest BCUT2D eigenvalue weighted by Gasteiger charge is 2.39. The number of aryl methyl sites for hydroxylation is 1. The molecule has 3 amide bonds. The third-order valence-corrected chi connectivity index (χ3v) is 3.80. The summed E-state index contributed by atoms with van der Waals surface area (Å²) in [7, 11) is 0. The van der Waals surface area contributed by atoms with Crippen LogP contribution in [0.1, 0.15) is 34.3 Å². The molecule has 2 aliphatic heterocycles. The van der Waals surface area contributed by atoms with Crippen LogP contribution in [0.15, 0.2) is 12.1 Å². The number of fused-ring (bicyclic) bond motifs is 1.